The van der Waals surface area contributed by atoms with Crippen LogP contribution < -0.4 is 5.73 Å². The molecule has 0 spiro atoms. The molecule has 1 unspecified atom stereocenters. The van der Waals surface area contributed by atoms with Crippen molar-refractivity contribution in [3.05, 3.63) is 35.1 Å². The Balaban J connectivity index is 1.97. The Hall–Kier alpha value is -0.890. The summed E-state index contributed by atoms with van der Waals surface area (Å²) >= 11 is 0. The maximum absolute atomic E-state index is 13.5. The largest absolute Gasteiger partial charge is 0.324 e. The zero-order chi connectivity index (χ0) is 13.0. The predicted molar refractivity (Wildman–Crippen MR) is 73.9 cm³/mol. The average molecular weight is 249 g/mol. The lowest BCUT2D eigenvalue weighted by molar-refractivity contribution is 0.392. The molecule has 1 saturated carbocycles. The number of aryl methyl sites for hydroxylation is 1. The first-order valence-electron chi connectivity index (χ1n) is 7.18. The number of hydrogen-bond acceptors (Lipinski definition) is 1. The molecule has 0 bridgehead atoms. The van der Waals surface area contributed by atoms with Gasteiger partial charge in [-0.25, -0.2) is 4.39 Å². The highest BCUT2D eigenvalue weighted by Crippen LogP contribution is 2.30. The molecule has 0 heterocycles. The third-order valence-electron chi connectivity index (χ3n) is 4.19. The molecular formula is C16H24FN. The highest BCUT2D eigenvalue weighted by atomic mass is 19.1. The molecule has 2 N–H and O–H groups in total. The second kappa shape index (κ2) is 6.33. The molecule has 1 nitrogen and oxygen atoms in total. The van der Waals surface area contributed by atoms with E-state index in [9.17, 15) is 4.39 Å². The second-order valence-electron chi connectivity index (χ2n) is 5.71. The lowest BCUT2D eigenvalue weighted by atomic mass is 9.90. The minimum absolute atomic E-state index is 0.0109. The summed E-state index contributed by atoms with van der Waals surface area (Å²) in [6, 6.07) is 5.40. The third kappa shape index (κ3) is 3.55. The Bertz CT molecular complexity index is 381. The first-order chi connectivity index (χ1) is 8.66. The van der Waals surface area contributed by atoms with Crippen LogP contribution >= 0.6 is 0 Å². The van der Waals surface area contributed by atoms with E-state index >= 15 is 0 Å². The van der Waals surface area contributed by atoms with Gasteiger partial charge in [-0.1, -0.05) is 50.7 Å². The van der Waals surface area contributed by atoms with Crippen molar-refractivity contribution in [3.63, 3.8) is 0 Å². The normalized spacial score (nSPS) is 19.5. The van der Waals surface area contributed by atoms with E-state index in [-0.39, 0.29) is 11.9 Å². The summed E-state index contributed by atoms with van der Waals surface area (Å²) < 4.78 is 13.5. The molecular weight excluding hydrogens is 225 g/mol. The standard InChI is InChI=1S/C16H24FN/c1-12-8-9-14(11-15(12)17)16(18)10-13-6-4-2-3-5-7-13/h8-9,11,13,16H,2-7,10,18H2,1H3. The van der Waals surface area contributed by atoms with Crippen molar-refractivity contribution in [3.8, 4) is 0 Å². The van der Waals surface area contributed by atoms with E-state index < -0.39 is 0 Å². The molecule has 0 radical (unpaired) electrons. The van der Waals surface area contributed by atoms with Crippen LogP contribution in [0.5, 0.6) is 0 Å². The lowest BCUT2D eigenvalue weighted by Crippen LogP contribution is -2.15. The van der Waals surface area contributed by atoms with Gasteiger partial charge in [0.25, 0.3) is 0 Å². The molecule has 1 aromatic carbocycles. The van der Waals surface area contributed by atoms with Crippen molar-refractivity contribution in [2.24, 2.45) is 11.7 Å². The molecule has 1 aromatic rings. The van der Waals surface area contributed by atoms with Gasteiger partial charge in [-0.05, 0) is 36.5 Å². The van der Waals surface area contributed by atoms with Crippen molar-refractivity contribution in [1.82, 2.24) is 0 Å². The van der Waals surface area contributed by atoms with Crippen LogP contribution in [0.4, 0.5) is 4.39 Å². The fraction of sp³-hybridized carbons (Fsp3) is 0.625. The van der Waals surface area contributed by atoms with Crippen molar-refractivity contribution in [1.29, 1.82) is 0 Å². The number of rotatable bonds is 3. The van der Waals surface area contributed by atoms with Crippen LogP contribution in [0.2, 0.25) is 0 Å². The maximum Gasteiger partial charge on any atom is 0.126 e. The van der Waals surface area contributed by atoms with Gasteiger partial charge in [-0.3, -0.25) is 0 Å². The molecule has 2 rings (SSSR count). The van der Waals surface area contributed by atoms with Gasteiger partial charge in [-0.2, -0.15) is 0 Å². The van der Waals surface area contributed by atoms with Gasteiger partial charge < -0.3 is 5.73 Å². The highest BCUT2D eigenvalue weighted by Gasteiger charge is 2.17. The van der Waals surface area contributed by atoms with Crippen molar-refractivity contribution < 1.29 is 4.39 Å². The van der Waals surface area contributed by atoms with Gasteiger partial charge in [0.2, 0.25) is 0 Å². The molecule has 0 saturated heterocycles. The predicted octanol–water partition coefficient (Wildman–Crippen LogP) is 4.49. The smallest absolute Gasteiger partial charge is 0.126 e. The molecule has 1 fully saturated rings. The summed E-state index contributed by atoms with van der Waals surface area (Å²) in [7, 11) is 0. The summed E-state index contributed by atoms with van der Waals surface area (Å²) in [5, 5.41) is 0. The minimum Gasteiger partial charge on any atom is -0.324 e. The van der Waals surface area contributed by atoms with Crippen molar-refractivity contribution in [2.45, 2.75) is 57.9 Å². The zero-order valence-corrected chi connectivity index (χ0v) is 11.3. The van der Waals surface area contributed by atoms with Crippen LogP contribution in [-0.2, 0) is 0 Å². The van der Waals surface area contributed by atoms with Gasteiger partial charge in [-0.15, -0.1) is 0 Å². The van der Waals surface area contributed by atoms with E-state index in [1.807, 2.05) is 12.1 Å². The van der Waals surface area contributed by atoms with Gasteiger partial charge in [0.15, 0.2) is 0 Å². The third-order valence-corrected chi connectivity index (χ3v) is 4.19. The summed E-state index contributed by atoms with van der Waals surface area (Å²) in [5.41, 5.74) is 7.87. The van der Waals surface area contributed by atoms with Crippen LogP contribution in [0.15, 0.2) is 18.2 Å². The molecule has 1 atom stereocenters. The minimum atomic E-state index is -0.135. The molecule has 2 heteroatoms. The maximum atomic E-state index is 13.5. The van der Waals surface area contributed by atoms with E-state index in [2.05, 4.69) is 0 Å². The fourth-order valence-electron chi connectivity index (χ4n) is 2.93. The summed E-state index contributed by atoms with van der Waals surface area (Å²) in [6.45, 7) is 1.79. The number of halogens is 1. The van der Waals surface area contributed by atoms with E-state index in [4.69, 9.17) is 5.73 Å². The summed E-state index contributed by atoms with van der Waals surface area (Å²) in [5.74, 6) is 0.593. The van der Waals surface area contributed by atoms with Crippen LogP contribution in [0, 0.1) is 18.7 Å². The Labute approximate surface area is 110 Å². The summed E-state index contributed by atoms with van der Waals surface area (Å²) in [4.78, 5) is 0. The first-order valence-corrected chi connectivity index (χ1v) is 7.18. The van der Waals surface area contributed by atoms with E-state index in [0.717, 1.165) is 17.9 Å². The average Bonchev–Trinajstić information content (AvgIpc) is 2.61. The quantitative estimate of drug-likeness (QED) is 0.784. The highest BCUT2D eigenvalue weighted by molar-refractivity contribution is 5.25. The SMILES string of the molecule is Cc1ccc(C(N)CC2CCCCCC2)cc1F. The second-order valence-corrected chi connectivity index (χ2v) is 5.71. The van der Waals surface area contributed by atoms with Gasteiger partial charge in [0.1, 0.15) is 5.82 Å². The van der Waals surface area contributed by atoms with Crippen LogP contribution in [0.1, 0.15) is 62.1 Å². The molecule has 1 aliphatic carbocycles. The zero-order valence-electron chi connectivity index (χ0n) is 11.3. The van der Waals surface area contributed by atoms with E-state index in [1.165, 1.54) is 38.5 Å². The molecule has 0 aromatic heterocycles. The fourth-order valence-corrected chi connectivity index (χ4v) is 2.93. The first kappa shape index (κ1) is 13.5. The van der Waals surface area contributed by atoms with Crippen molar-refractivity contribution in [2.75, 3.05) is 0 Å². The van der Waals surface area contributed by atoms with Crippen LogP contribution in [-0.4, -0.2) is 0 Å². The molecule has 100 valence electrons. The number of nitrogens with two attached hydrogens (primary N) is 1. The van der Waals surface area contributed by atoms with Gasteiger partial charge >= 0.3 is 0 Å². The Morgan fingerprint density at radius 2 is 1.89 bits per heavy atom. The summed E-state index contributed by atoms with van der Waals surface area (Å²) in [6.07, 6.45) is 8.99. The monoisotopic (exact) mass is 249 g/mol. The molecule has 1 aliphatic rings. The molecule has 0 aliphatic heterocycles. The van der Waals surface area contributed by atoms with Gasteiger partial charge in [0.05, 0.1) is 0 Å². The number of benzene rings is 1. The Morgan fingerprint density at radius 3 is 2.50 bits per heavy atom. The lowest BCUT2D eigenvalue weighted by Gasteiger charge is -2.20. The molecule has 0 amide bonds. The van der Waals surface area contributed by atoms with Gasteiger partial charge in [0, 0.05) is 6.04 Å². The Morgan fingerprint density at radius 1 is 1.22 bits per heavy atom. The van der Waals surface area contributed by atoms with Crippen LogP contribution in [0.3, 0.4) is 0 Å². The van der Waals surface area contributed by atoms with Crippen LogP contribution in [0.25, 0.3) is 0 Å². The molecule has 18 heavy (non-hydrogen) atoms. The topological polar surface area (TPSA) is 26.0 Å². The van der Waals surface area contributed by atoms with Crippen molar-refractivity contribution >= 4 is 0 Å². The van der Waals surface area contributed by atoms with E-state index in [0.29, 0.717) is 5.56 Å². The Kier molecular flexibility index (Phi) is 4.76. The number of hydrogen-bond donors (Lipinski definition) is 1. The van der Waals surface area contributed by atoms with E-state index in [1.54, 1.807) is 13.0 Å².